The molecule has 122 valence electrons. The third kappa shape index (κ3) is 4.29. The zero-order valence-electron chi connectivity index (χ0n) is 13.2. The van der Waals surface area contributed by atoms with Crippen LogP contribution in [0.3, 0.4) is 0 Å². The van der Waals surface area contributed by atoms with Crippen molar-refractivity contribution in [1.29, 1.82) is 0 Å². The van der Waals surface area contributed by atoms with Gasteiger partial charge in [-0.2, -0.15) is 0 Å². The van der Waals surface area contributed by atoms with Crippen LogP contribution in [0, 0.1) is 0 Å². The Morgan fingerprint density at radius 3 is 2.35 bits per heavy atom. The number of rotatable bonds is 6. The Bertz CT molecular complexity index is 677. The maximum atomic E-state index is 12.3. The highest BCUT2D eigenvalue weighted by atomic mass is 35.5. The highest BCUT2D eigenvalue weighted by Gasteiger charge is 2.17. The van der Waals surface area contributed by atoms with Crippen LogP contribution in [0.2, 0.25) is 5.02 Å². The molecule has 2 N–H and O–H groups in total. The second-order valence-electron chi connectivity index (χ2n) is 4.91. The van der Waals surface area contributed by atoms with Crippen LogP contribution in [-0.4, -0.2) is 26.2 Å². The molecule has 2 aromatic rings. The summed E-state index contributed by atoms with van der Waals surface area (Å²) in [4.78, 5) is 12.3. The van der Waals surface area contributed by atoms with Gasteiger partial charge in [0.25, 0.3) is 0 Å². The molecule has 0 spiro atoms. The van der Waals surface area contributed by atoms with Gasteiger partial charge in [-0.1, -0.05) is 29.8 Å². The first-order valence-corrected chi connectivity index (χ1v) is 7.47. The van der Waals surface area contributed by atoms with Gasteiger partial charge in [-0.3, -0.25) is 4.79 Å². The van der Waals surface area contributed by atoms with E-state index in [0.29, 0.717) is 22.2 Å². The van der Waals surface area contributed by atoms with E-state index in [1.165, 1.54) is 7.11 Å². The minimum absolute atomic E-state index is 0.162. The molecule has 0 radical (unpaired) electrons. The van der Waals surface area contributed by atoms with E-state index in [-0.39, 0.29) is 5.91 Å². The Hall–Kier alpha value is -2.40. The monoisotopic (exact) mass is 334 g/mol. The molecule has 2 rings (SSSR count). The SMILES string of the molecule is COc1cc(OC)c(N[C@@H](C)C(=O)Nc2ccccc2)cc1Cl. The van der Waals surface area contributed by atoms with Gasteiger partial charge in [0.1, 0.15) is 17.5 Å². The van der Waals surface area contributed by atoms with Crippen LogP contribution in [0.25, 0.3) is 0 Å². The van der Waals surface area contributed by atoms with Gasteiger partial charge in [-0.25, -0.2) is 0 Å². The number of carbonyl (C=O) groups excluding carboxylic acids is 1. The van der Waals surface area contributed by atoms with E-state index in [9.17, 15) is 4.79 Å². The van der Waals surface area contributed by atoms with E-state index < -0.39 is 6.04 Å². The van der Waals surface area contributed by atoms with Crippen LogP contribution >= 0.6 is 11.6 Å². The van der Waals surface area contributed by atoms with Gasteiger partial charge in [-0.05, 0) is 25.1 Å². The molecule has 0 aliphatic rings. The van der Waals surface area contributed by atoms with E-state index in [1.807, 2.05) is 30.3 Å². The topological polar surface area (TPSA) is 59.6 Å². The molecule has 0 aliphatic heterocycles. The highest BCUT2D eigenvalue weighted by Crippen LogP contribution is 2.36. The molecule has 2 aromatic carbocycles. The van der Waals surface area contributed by atoms with Gasteiger partial charge < -0.3 is 20.1 Å². The zero-order valence-corrected chi connectivity index (χ0v) is 14.0. The first-order valence-electron chi connectivity index (χ1n) is 7.09. The highest BCUT2D eigenvalue weighted by molar-refractivity contribution is 6.32. The fourth-order valence-corrected chi connectivity index (χ4v) is 2.28. The van der Waals surface area contributed by atoms with Crippen LogP contribution in [-0.2, 0) is 4.79 Å². The number of amides is 1. The summed E-state index contributed by atoms with van der Waals surface area (Å²) < 4.78 is 10.5. The van der Waals surface area contributed by atoms with E-state index in [0.717, 1.165) is 5.69 Å². The van der Waals surface area contributed by atoms with E-state index in [1.54, 1.807) is 26.2 Å². The molecule has 0 aliphatic carbocycles. The first kappa shape index (κ1) is 17.0. The Morgan fingerprint density at radius 2 is 1.74 bits per heavy atom. The van der Waals surface area contributed by atoms with Crippen molar-refractivity contribution < 1.29 is 14.3 Å². The molecule has 0 aromatic heterocycles. The number of carbonyl (C=O) groups is 1. The Morgan fingerprint density at radius 1 is 1.09 bits per heavy atom. The number of para-hydroxylation sites is 1. The van der Waals surface area contributed by atoms with Crippen molar-refractivity contribution in [2.75, 3.05) is 24.9 Å². The number of anilines is 2. The van der Waals surface area contributed by atoms with Crippen LogP contribution in [0.4, 0.5) is 11.4 Å². The average molecular weight is 335 g/mol. The number of halogens is 1. The molecule has 0 bridgehead atoms. The largest absolute Gasteiger partial charge is 0.495 e. The van der Waals surface area contributed by atoms with Crippen molar-refractivity contribution in [3.05, 3.63) is 47.5 Å². The van der Waals surface area contributed by atoms with Gasteiger partial charge in [0.05, 0.1) is 24.9 Å². The summed E-state index contributed by atoms with van der Waals surface area (Å²) >= 11 is 6.13. The standard InChI is InChI=1S/C17H19ClN2O3/c1-11(17(21)20-12-7-5-4-6-8-12)19-14-9-13(18)15(22-2)10-16(14)23-3/h4-11,19H,1-3H3,(H,20,21)/t11-/m0/s1. The molecule has 0 saturated heterocycles. The number of benzene rings is 2. The van der Waals surface area contributed by atoms with Crippen LogP contribution in [0.15, 0.2) is 42.5 Å². The van der Waals surface area contributed by atoms with Gasteiger partial charge in [0.2, 0.25) is 5.91 Å². The summed E-state index contributed by atoms with van der Waals surface area (Å²) in [5.41, 5.74) is 1.36. The molecule has 5 nitrogen and oxygen atoms in total. The maximum Gasteiger partial charge on any atom is 0.246 e. The molecule has 1 atom stereocenters. The third-order valence-electron chi connectivity index (χ3n) is 3.28. The lowest BCUT2D eigenvalue weighted by atomic mass is 10.2. The molecular formula is C17H19ClN2O3. The Labute approximate surface area is 140 Å². The summed E-state index contributed by atoms with van der Waals surface area (Å²) in [5.74, 6) is 0.895. The first-order chi connectivity index (χ1) is 11.0. The Balaban J connectivity index is 2.11. The molecule has 0 heterocycles. The van der Waals surface area contributed by atoms with Gasteiger partial charge >= 0.3 is 0 Å². The lowest BCUT2D eigenvalue weighted by molar-refractivity contribution is -0.116. The molecule has 6 heteroatoms. The minimum atomic E-state index is -0.478. The normalized spacial score (nSPS) is 11.5. The molecule has 1 amide bonds. The molecule has 0 unspecified atom stereocenters. The van der Waals surface area contributed by atoms with Crippen LogP contribution in [0.1, 0.15) is 6.92 Å². The number of nitrogens with one attached hydrogen (secondary N) is 2. The average Bonchev–Trinajstić information content (AvgIpc) is 2.56. The maximum absolute atomic E-state index is 12.3. The second kappa shape index (κ2) is 7.74. The fraction of sp³-hybridized carbons (Fsp3) is 0.235. The minimum Gasteiger partial charge on any atom is -0.495 e. The van der Waals surface area contributed by atoms with Crippen LogP contribution < -0.4 is 20.1 Å². The summed E-state index contributed by atoms with van der Waals surface area (Å²) in [5, 5.41) is 6.37. The molecular weight excluding hydrogens is 316 g/mol. The van der Waals surface area contributed by atoms with Crippen molar-refractivity contribution >= 4 is 28.9 Å². The van der Waals surface area contributed by atoms with E-state index in [4.69, 9.17) is 21.1 Å². The van der Waals surface area contributed by atoms with E-state index in [2.05, 4.69) is 10.6 Å². The predicted molar refractivity (Wildman–Crippen MR) is 92.7 cm³/mol. The predicted octanol–water partition coefficient (Wildman–Crippen LogP) is 3.80. The third-order valence-corrected chi connectivity index (χ3v) is 3.58. The summed E-state index contributed by atoms with van der Waals surface area (Å²) in [6.45, 7) is 1.76. The lowest BCUT2D eigenvalue weighted by Gasteiger charge is -2.18. The van der Waals surface area contributed by atoms with Crippen LogP contribution in [0.5, 0.6) is 11.5 Å². The smallest absolute Gasteiger partial charge is 0.246 e. The molecule has 0 saturated carbocycles. The van der Waals surface area contributed by atoms with Gasteiger partial charge in [0, 0.05) is 11.8 Å². The molecule has 23 heavy (non-hydrogen) atoms. The zero-order chi connectivity index (χ0) is 16.8. The number of methoxy groups -OCH3 is 2. The van der Waals surface area contributed by atoms with Crippen molar-refractivity contribution in [1.82, 2.24) is 0 Å². The summed E-state index contributed by atoms with van der Waals surface area (Å²) in [7, 11) is 3.08. The summed E-state index contributed by atoms with van der Waals surface area (Å²) in [6.07, 6.45) is 0. The van der Waals surface area contributed by atoms with Crippen molar-refractivity contribution in [2.24, 2.45) is 0 Å². The number of hydrogen-bond acceptors (Lipinski definition) is 4. The fourth-order valence-electron chi connectivity index (χ4n) is 2.04. The summed E-state index contributed by atoms with van der Waals surface area (Å²) in [6, 6.07) is 12.1. The van der Waals surface area contributed by atoms with Gasteiger partial charge in [0.15, 0.2) is 0 Å². The Kier molecular flexibility index (Phi) is 5.71. The molecule has 0 fully saturated rings. The van der Waals surface area contributed by atoms with Crippen molar-refractivity contribution in [3.8, 4) is 11.5 Å². The number of hydrogen-bond donors (Lipinski definition) is 2. The second-order valence-corrected chi connectivity index (χ2v) is 5.32. The van der Waals surface area contributed by atoms with Crippen molar-refractivity contribution in [2.45, 2.75) is 13.0 Å². The lowest BCUT2D eigenvalue weighted by Crippen LogP contribution is -2.32. The van der Waals surface area contributed by atoms with E-state index >= 15 is 0 Å². The van der Waals surface area contributed by atoms with Crippen molar-refractivity contribution in [3.63, 3.8) is 0 Å². The number of ether oxygens (including phenoxy) is 2. The van der Waals surface area contributed by atoms with Gasteiger partial charge in [-0.15, -0.1) is 0 Å². The quantitative estimate of drug-likeness (QED) is 0.843.